The third-order valence-corrected chi connectivity index (χ3v) is 8.74. The molecule has 2 aromatic carbocycles. The van der Waals surface area contributed by atoms with Crippen molar-refractivity contribution >= 4 is 11.7 Å². The number of carbonyl (C=O) groups excluding carboxylic acids is 1. The molecule has 0 bridgehead atoms. The molecule has 0 unspecified atom stereocenters. The van der Waals surface area contributed by atoms with E-state index in [0.717, 1.165) is 65.4 Å². The number of hydrogen-bond donors (Lipinski definition) is 0. The molecule has 0 saturated heterocycles. The number of nitrogens with zero attached hydrogens (tertiary/aromatic N) is 7. The molecule has 1 aliphatic heterocycles. The number of hydrogen-bond acceptors (Lipinski definition) is 6. The van der Waals surface area contributed by atoms with Gasteiger partial charge in [-0.15, -0.1) is 10.2 Å². The number of amides is 1. The van der Waals surface area contributed by atoms with E-state index in [1.54, 1.807) is 6.33 Å². The van der Waals surface area contributed by atoms with Crippen LogP contribution in [0, 0.1) is 17.2 Å². The Morgan fingerprint density at radius 3 is 2.59 bits per heavy atom. The predicted octanol–water partition coefficient (Wildman–Crippen LogP) is 5.69. The monoisotopic (exact) mass is 543 g/mol. The lowest BCUT2D eigenvalue weighted by molar-refractivity contribution is 0.0995. The Hall–Kier alpha value is -4.35. The maximum absolute atomic E-state index is 13.8. The van der Waals surface area contributed by atoms with Crippen LogP contribution >= 0.6 is 0 Å². The molecule has 0 spiro atoms. The van der Waals surface area contributed by atoms with Crippen molar-refractivity contribution < 1.29 is 4.79 Å². The molecule has 41 heavy (non-hydrogen) atoms. The first-order valence-electron chi connectivity index (χ1n) is 14.5. The Kier molecular flexibility index (Phi) is 6.40. The second-order valence-electron chi connectivity index (χ2n) is 11.9. The molecule has 2 fully saturated rings. The number of rotatable bonds is 8. The van der Waals surface area contributed by atoms with E-state index in [-0.39, 0.29) is 5.91 Å². The number of aromatic nitrogens is 4. The van der Waals surface area contributed by atoms with Crippen LogP contribution in [-0.2, 0) is 20.1 Å². The molecule has 8 nitrogen and oxygen atoms in total. The molecule has 3 aliphatic rings. The SMILES string of the molecule is CN(Cc1ccc2c(c1)C(=O)N(c1cc(-c3ccc(C#N)cc3-c3nncn3C)cc(C3CC3)n1)C2)CC1CCC1. The molecule has 2 aliphatic carbocycles. The quantitative estimate of drug-likeness (QED) is 0.284. The van der Waals surface area contributed by atoms with Gasteiger partial charge < -0.3 is 9.47 Å². The molecule has 0 radical (unpaired) electrons. The van der Waals surface area contributed by atoms with E-state index in [0.29, 0.717) is 29.7 Å². The highest BCUT2D eigenvalue weighted by Gasteiger charge is 2.32. The molecule has 3 heterocycles. The fourth-order valence-electron chi connectivity index (χ4n) is 6.12. The molecule has 8 heteroatoms. The molecule has 1 amide bonds. The van der Waals surface area contributed by atoms with Crippen molar-refractivity contribution in [2.75, 3.05) is 18.5 Å². The van der Waals surface area contributed by atoms with Gasteiger partial charge in [0.25, 0.3) is 5.91 Å². The fraction of sp³-hybridized carbons (Fsp3) is 0.364. The Morgan fingerprint density at radius 1 is 1.02 bits per heavy atom. The number of anilines is 1. The smallest absolute Gasteiger partial charge is 0.260 e. The van der Waals surface area contributed by atoms with Gasteiger partial charge >= 0.3 is 0 Å². The summed E-state index contributed by atoms with van der Waals surface area (Å²) in [6, 6.07) is 18.4. The van der Waals surface area contributed by atoms with Gasteiger partial charge in [-0.2, -0.15) is 5.26 Å². The zero-order valence-electron chi connectivity index (χ0n) is 23.5. The average molecular weight is 544 g/mol. The van der Waals surface area contributed by atoms with E-state index in [1.165, 1.54) is 24.8 Å². The lowest BCUT2D eigenvalue weighted by Crippen LogP contribution is -2.29. The van der Waals surface area contributed by atoms with Gasteiger partial charge in [0.15, 0.2) is 5.82 Å². The minimum atomic E-state index is 0.00301. The van der Waals surface area contributed by atoms with Crippen LogP contribution in [0.3, 0.4) is 0 Å². The number of carbonyl (C=O) groups is 1. The zero-order chi connectivity index (χ0) is 28.1. The van der Waals surface area contributed by atoms with Crippen LogP contribution in [0.4, 0.5) is 5.82 Å². The molecule has 2 aromatic heterocycles. The molecule has 0 N–H and O–H groups in total. The van der Waals surface area contributed by atoms with Crippen molar-refractivity contribution in [2.24, 2.45) is 13.0 Å². The van der Waals surface area contributed by atoms with Gasteiger partial charge in [-0.25, -0.2) is 4.98 Å². The maximum atomic E-state index is 13.8. The van der Waals surface area contributed by atoms with Gasteiger partial charge in [0, 0.05) is 42.9 Å². The second-order valence-corrected chi connectivity index (χ2v) is 11.9. The number of nitriles is 1. The summed E-state index contributed by atoms with van der Waals surface area (Å²) in [5.74, 6) is 2.58. The van der Waals surface area contributed by atoms with Gasteiger partial charge in [0.2, 0.25) is 0 Å². The van der Waals surface area contributed by atoms with Crippen LogP contribution in [0.25, 0.3) is 22.5 Å². The third-order valence-electron chi connectivity index (χ3n) is 8.74. The number of aryl methyl sites for hydroxylation is 1. The molecule has 2 saturated carbocycles. The molecule has 4 aromatic rings. The zero-order valence-corrected chi connectivity index (χ0v) is 23.5. The Balaban J connectivity index is 1.23. The van der Waals surface area contributed by atoms with E-state index < -0.39 is 0 Å². The Labute approximate surface area is 240 Å². The van der Waals surface area contributed by atoms with Gasteiger partial charge in [0.05, 0.1) is 18.2 Å². The highest BCUT2D eigenvalue weighted by molar-refractivity contribution is 6.10. The number of pyridine rings is 1. The largest absolute Gasteiger partial charge is 0.317 e. The van der Waals surface area contributed by atoms with E-state index in [1.807, 2.05) is 40.8 Å². The lowest BCUT2D eigenvalue weighted by Gasteiger charge is -2.30. The van der Waals surface area contributed by atoms with E-state index in [2.05, 4.69) is 52.5 Å². The molecule has 0 atom stereocenters. The topological polar surface area (TPSA) is 90.9 Å². The summed E-state index contributed by atoms with van der Waals surface area (Å²) in [5, 5.41) is 18.0. The van der Waals surface area contributed by atoms with Crippen molar-refractivity contribution in [1.29, 1.82) is 5.26 Å². The van der Waals surface area contributed by atoms with Crippen LogP contribution in [0.1, 0.15) is 70.8 Å². The van der Waals surface area contributed by atoms with Gasteiger partial charge in [-0.05, 0) is 91.2 Å². The van der Waals surface area contributed by atoms with E-state index >= 15 is 0 Å². The first kappa shape index (κ1) is 25.6. The minimum Gasteiger partial charge on any atom is -0.317 e. The highest BCUT2D eigenvalue weighted by Crippen LogP contribution is 2.43. The molecule has 206 valence electrons. The lowest BCUT2D eigenvalue weighted by atomic mass is 9.85. The van der Waals surface area contributed by atoms with Crippen LogP contribution < -0.4 is 4.90 Å². The first-order chi connectivity index (χ1) is 20.0. The third kappa shape index (κ3) is 4.91. The van der Waals surface area contributed by atoms with Crippen LogP contribution in [0.15, 0.2) is 54.9 Å². The predicted molar refractivity (Wildman–Crippen MR) is 157 cm³/mol. The van der Waals surface area contributed by atoms with Crippen molar-refractivity contribution in [1.82, 2.24) is 24.6 Å². The average Bonchev–Trinajstić information content (AvgIpc) is 3.65. The Bertz CT molecular complexity index is 1690. The second kappa shape index (κ2) is 10.2. The van der Waals surface area contributed by atoms with Gasteiger partial charge in [-0.3, -0.25) is 9.69 Å². The molecule has 7 rings (SSSR count). The van der Waals surface area contributed by atoms with Crippen molar-refractivity contribution in [3.8, 4) is 28.6 Å². The maximum Gasteiger partial charge on any atom is 0.260 e. The normalized spacial score (nSPS) is 16.6. The van der Waals surface area contributed by atoms with E-state index in [4.69, 9.17) is 4.98 Å². The minimum absolute atomic E-state index is 0.00301. The van der Waals surface area contributed by atoms with Crippen LogP contribution in [0.2, 0.25) is 0 Å². The fourth-order valence-corrected chi connectivity index (χ4v) is 6.12. The van der Waals surface area contributed by atoms with Gasteiger partial charge in [-0.1, -0.05) is 24.6 Å². The standard InChI is InChI=1S/C33H33N7O/c1-38(17-21-4-3-5-21)18-23-6-8-25-19-40(33(41)28(25)13-23)31-15-26(14-30(36-31)24-9-10-24)27-11-7-22(16-34)12-29(27)32-37-35-20-39(32)2/h6-8,11-15,20-21,24H,3-5,9-10,17-19H2,1-2H3. The Morgan fingerprint density at radius 2 is 1.88 bits per heavy atom. The highest BCUT2D eigenvalue weighted by atomic mass is 16.2. The van der Waals surface area contributed by atoms with E-state index in [9.17, 15) is 10.1 Å². The summed E-state index contributed by atoms with van der Waals surface area (Å²) in [6.07, 6.45) is 7.88. The van der Waals surface area contributed by atoms with Crippen molar-refractivity contribution in [3.05, 3.63) is 82.8 Å². The van der Waals surface area contributed by atoms with Gasteiger partial charge in [0.1, 0.15) is 12.1 Å². The van der Waals surface area contributed by atoms with Crippen molar-refractivity contribution in [3.63, 3.8) is 0 Å². The summed E-state index contributed by atoms with van der Waals surface area (Å²) in [7, 11) is 4.07. The summed E-state index contributed by atoms with van der Waals surface area (Å²) in [5.41, 5.74) is 7.28. The molecular weight excluding hydrogens is 510 g/mol. The number of benzene rings is 2. The van der Waals surface area contributed by atoms with Crippen molar-refractivity contribution in [2.45, 2.75) is 51.1 Å². The molecular formula is C33H33N7O. The summed E-state index contributed by atoms with van der Waals surface area (Å²) < 4.78 is 1.85. The van der Waals surface area contributed by atoms with Crippen LogP contribution in [0.5, 0.6) is 0 Å². The summed E-state index contributed by atoms with van der Waals surface area (Å²) >= 11 is 0. The first-order valence-corrected chi connectivity index (χ1v) is 14.5. The summed E-state index contributed by atoms with van der Waals surface area (Å²) in [4.78, 5) is 23.0. The summed E-state index contributed by atoms with van der Waals surface area (Å²) in [6.45, 7) is 2.47. The number of fused-ring (bicyclic) bond motifs is 1. The van der Waals surface area contributed by atoms with Crippen LogP contribution in [-0.4, -0.2) is 44.1 Å².